The summed E-state index contributed by atoms with van der Waals surface area (Å²) in [5, 5.41) is 1.12. The monoisotopic (exact) mass is 640 g/mol. The average Bonchev–Trinajstić information content (AvgIpc) is 3.72. The Bertz CT molecular complexity index is 2120. The van der Waals surface area contributed by atoms with Crippen LogP contribution in [0.2, 0.25) is 0 Å². The molecule has 10 heteroatoms. The smallest absolute Gasteiger partial charge is 0.254 e. The number of amides is 1. The van der Waals surface area contributed by atoms with Crippen molar-refractivity contribution in [2.24, 2.45) is 34.6 Å². The highest BCUT2D eigenvalue weighted by Gasteiger charge is 2.61. The van der Waals surface area contributed by atoms with Crippen molar-refractivity contribution >= 4 is 40.0 Å². The Hall–Kier alpha value is -4.73. The van der Waals surface area contributed by atoms with E-state index in [4.69, 9.17) is 19.7 Å². The van der Waals surface area contributed by atoms with Crippen LogP contribution in [0.5, 0.6) is 5.75 Å². The molecule has 1 aromatic carbocycles. The van der Waals surface area contributed by atoms with Gasteiger partial charge in [0, 0.05) is 75.1 Å². The first-order valence-electron chi connectivity index (χ1n) is 17.5. The predicted molar refractivity (Wildman–Crippen MR) is 186 cm³/mol. The topological polar surface area (TPSA) is 93.7 Å². The largest absolute Gasteiger partial charge is 0.494 e. The second kappa shape index (κ2) is 10.6. The van der Waals surface area contributed by atoms with Crippen LogP contribution < -0.4 is 9.64 Å². The van der Waals surface area contributed by atoms with Crippen molar-refractivity contribution < 1.29 is 9.53 Å². The summed E-state index contributed by atoms with van der Waals surface area (Å²) in [6.45, 7) is 4.38. The number of nitrogens with zero attached hydrogens (tertiary/aromatic N) is 8. The Labute approximate surface area is 279 Å². The molecule has 3 unspecified atom stereocenters. The number of carbonyl (C=O) groups is 1. The van der Waals surface area contributed by atoms with Crippen LogP contribution in [-0.4, -0.2) is 80.9 Å². The molecule has 0 N–H and O–H groups in total. The molecule has 48 heavy (non-hydrogen) atoms. The predicted octanol–water partition coefficient (Wildman–Crippen LogP) is 5.53. The van der Waals surface area contributed by atoms with E-state index in [1.165, 1.54) is 19.3 Å². The molecule has 0 bridgehead atoms. The first-order valence-corrected chi connectivity index (χ1v) is 17.5. The standard InChI is InChI=1S/C38H40N8O2/c1-39-16-28-6-3-7-33(41-28)43-17-23(18-43)20-46-35-29(42-37(46)31-13-24-5-4-10-40-36(24)44(31)19-22-8-9-22)12-26(15-32(35)48-2)38(47)45-21-27-11-25-14-30(45)34(25)27/h3-7,10,12-13,15-16,22-23,25,27,30,34H,8-9,11,14,17-21H2,1-2H3/b39-16+/t25?,27?,30?,34-/m1/s1. The molecule has 2 aliphatic heterocycles. The van der Waals surface area contributed by atoms with E-state index in [1.807, 2.05) is 36.5 Å². The Morgan fingerprint density at radius 1 is 0.979 bits per heavy atom. The highest BCUT2D eigenvalue weighted by molar-refractivity contribution is 6.00. The van der Waals surface area contributed by atoms with Gasteiger partial charge in [-0.05, 0) is 91.8 Å². The second-order valence-electron chi connectivity index (χ2n) is 14.8. The van der Waals surface area contributed by atoms with E-state index >= 15 is 0 Å². The molecule has 5 aliphatic rings. The van der Waals surface area contributed by atoms with Gasteiger partial charge in [0.15, 0.2) is 5.82 Å². The van der Waals surface area contributed by atoms with E-state index in [1.54, 1.807) is 20.4 Å². The minimum atomic E-state index is 0.119. The van der Waals surface area contributed by atoms with Gasteiger partial charge < -0.3 is 23.7 Å². The minimum Gasteiger partial charge on any atom is -0.494 e. The van der Waals surface area contributed by atoms with Gasteiger partial charge in [0.05, 0.1) is 24.0 Å². The van der Waals surface area contributed by atoms with Crippen LogP contribution in [0.1, 0.15) is 41.7 Å². The fraction of sp³-hybridized carbons (Fsp3) is 0.447. The van der Waals surface area contributed by atoms with Crippen LogP contribution >= 0.6 is 0 Å². The Morgan fingerprint density at radius 3 is 2.65 bits per heavy atom. The third-order valence-electron chi connectivity index (χ3n) is 11.8. The summed E-state index contributed by atoms with van der Waals surface area (Å²) in [5.41, 5.74) is 5.37. The summed E-state index contributed by atoms with van der Waals surface area (Å²) in [5.74, 6) is 6.03. The van der Waals surface area contributed by atoms with E-state index in [0.717, 1.165) is 96.1 Å². The van der Waals surface area contributed by atoms with Crippen molar-refractivity contribution in [3.8, 4) is 17.3 Å². The summed E-state index contributed by atoms with van der Waals surface area (Å²) in [4.78, 5) is 37.6. The molecule has 4 aromatic heterocycles. The fourth-order valence-corrected chi connectivity index (χ4v) is 9.21. The number of fused-ring (bicyclic) bond motifs is 2. The third kappa shape index (κ3) is 4.33. The molecule has 5 fully saturated rings. The number of rotatable bonds is 9. The van der Waals surface area contributed by atoms with Crippen molar-refractivity contribution in [2.75, 3.05) is 38.7 Å². The van der Waals surface area contributed by atoms with Gasteiger partial charge in [0.2, 0.25) is 0 Å². The van der Waals surface area contributed by atoms with Gasteiger partial charge in [-0.1, -0.05) is 6.07 Å². The number of carbonyl (C=O) groups excluding carboxylic acids is 1. The van der Waals surface area contributed by atoms with Gasteiger partial charge in [0.1, 0.15) is 22.7 Å². The van der Waals surface area contributed by atoms with E-state index in [0.29, 0.717) is 35.1 Å². The summed E-state index contributed by atoms with van der Waals surface area (Å²) in [6.07, 6.45) is 8.62. The Kier molecular flexibility index (Phi) is 6.27. The van der Waals surface area contributed by atoms with Crippen molar-refractivity contribution in [3.05, 3.63) is 66.0 Å². The van der Waals surface area contributed by atoms with Gasteiger partial charge in [-0.2, -0.15) is 0 Å². The normalized spacial score (nSPS) is 24.6. The average molecular weight is 641 g/mol. The molecule has 2 saturated heterocycles. The highest BCUT2D eigenvalue weighted by Crippen LogP contribution is 2.60. The van der Waals surface area contributed by atoms with E-state index < -0.39 is 0 Å². The van der Waals surface area contributed by atoms with E-state index in [2.05, 4.69) is 42.1 Å². The van der Waals surface area contributed by atoms with Crippen LogP contribution in [0.3, 0.4) is 0 Å². The number of anilines is 1. The minimum absolute atomic E-state index is 0.119. The molecule has 3 saturated carbocycles. The quantitative estimate of drug-likeness (QED) is 0.197. The van der Waals surface area contributed by atoms with Crippen molar-refractivity contribution in [3.63, 3.8) is 0 Å². The number of imidazole rings is 1. The maximum Gasteiger partial charge on any atom is 0.254 e. The third-order valence-corrected chi connectivity index (χ3v) is 11.8. The number of pyridine rings is 2. The summed E-state index contributed by atoms with van der Waals surface area (Å²) in [6, 6.07) is 16.9. The SMILES string of the molecule is C/N=C/c1cccc(N2CC(Cn3c(-c4cc5cccnc5n4CC4CC4)nc4cc(C(=O)N5CC6CC7CC5[C@H]76)cc(OC)c43)C2)n1. The van der Waals surface area contributed by atoms with Gasteiger partial charge in [0.25, 0.3) is 5.91 Å². The van der Waals surface area contributed by atoms with Gasteiger partial charge in [-0.15, -0.1) is 0 Å². The Morgan fingerprint density at radius 2 is 1.85 bits per heavy atom. The maximum absolute atomic E-state index is 14.0. The Balaban J connectivity index is 1.05. The lowest BCUT2D eigenvalue weighted by Crippen LogP contribution is -2.53. The molecule has 1 amide bonds. The molecular weight excluding hydrogens is 600 g/mol. The van der Waals surface area contributed by atoms with Crippen LogP contribution in [0.25, 0.3) is 33.6 Å². The first kappa shape index (κ1) is 28.3. The number of ether oxygens (including phenoxy) is 1. The summed E-state index contributed by atoms with van der Waals surface area (Å²) >= 11 is 0. The van der Waals surface area contributed by atoms with Crippen LogP contribution in [0, 0.1) is 29.6 Å². The van der Waals surface area contributed by atoms with E-state index in [-0.39, 0.29) is 5.91 Å². The molecule has 6 heterocycles. The van der Waals surface area contributed by atoms with E-state index in [9.17, 15) is 4.79 Å². The van der Waals surface area contributed by atoms with Crippen LogP contribution in [0.15, 0.2) is 59.7 Å². The zero-order valence-electron chi connectivity index (χ0n) is 27.5. The number of hydrogen-bond donors (Lipinski definition) is 0. The van der Waals surface area contributed by atoms with Gasteiger partial charge in [-0.3, -0.25) is 9.79 Å². The number of aromatic nitrogens is 5. The number of hydrogen-bond acceptors (Lipinski definition) is 7. The lowest BCUT2D eigenvalue weighted by Gasteiger charge is -2.52. The lowest BCUT2D eigenvalue weighted by molar-refractivity contribution is -0.0204. The van der Waals surface area contributed by atoms with Crippen LogP contribution in [-0.2, 0) is 13.1 Å². The zero-order valence-corrected chi connectivity index (χ0v) is 27.5. The molecule has 244 valence electrons. The molecule has 5 aromatic rings. The first-order chi connectivity index (χ1) is 23.6. The molecule has 4 atom stereocenters. The molecule has 10 nitrogen and oxygen atoms in total. The molecule has 10 rings (SSSR count). The van der Waals surface area contributed by atoms with Crippen molar-refractivity contribution in [2.45, 2.75) is 44.8 Å². The fourth-order valence-electron chi connectivity index (χ4n) is 9.21. The van der Waals surface area contributed by atoms with Crippen molar-refractivity contribution in [1.82, 2.24) is 29.0 Å². The number of likely N-dealkylation sites (tertiary alicyclic amines) is 1. The number of aliphatic imine (C=N–C) groups is 1. The maximum atomic E-state index is 14.0. The molecule has 3 aliphatic carbocycles. The molecule has 0 spiro atoms. The highest BCUT2D eigenvalue weighted by atomic mass is 16.5. The summed E-state index contributed by atoms with van der Waals surface area (Å²) < 4.78 is 10.8. The molecule has 0 radical (unpaired) electrons. The lowest BCUT2D eigenvalue weighted by atomic mass is 9.53. The molecular formula is C38H40N8O2. The number of benzene rings is 1. The van der Waals surface area contributed by atoms with Crippen molar-refractivity contribution in [1.29, 1.82) is 0 Å². The van der Waals surface area contributed by atoms with Gasteiger partial charge in [-0.25, -0.2) is 15.0 Å². The number of methoxy groups -OCH3 is 1. The van der Waals surface area contributed by atoms with Gasteiger partial charge >= 0.3 is 0 Å². The zero-order chi connectivity index (χ0) is 32.1. The second-order valence-corrected chi connectivity index (χ2v) is 14.8. The summed E-state index contributed by atoms with van der Waals surface area (Å²) in [7, 11) is 3.48. The van der Waals surface area contributed by atoms with Crippen LogP contribution in [0.4, 0.5) is 5.82 Å².